The summed E-state index contributed by atoms with van der Waals surface area (Å²) in [5, 5.41) is 7.62. The minimum atomic E-state index is 0.404. The van der Waals surface area contributed by atoms with Crippen molar-refractivity contribution < 1.29 is 0 Å². The molecule has 0 aromatic heterocycles. The summed E-state index contributed by atoms with van der Waals surface area (Å²) < 4.78 is 0. The molecule has 0 saturated heterocycles. The number of fused-ring (bicyclic) bond motifs is 2. The minimum absolute atomic E-state index is 0.404. The maximum Gasteiger partial charge on any atom is 0.0214 e. The van der Waals surface area contributed by atoms with Crippen LogP contribution >= 0.6 is 0 Å². The van der Waals surface area contributed by atoms with Gasteiger partial charge in [-0.25, -0.2) is 0 Å². The van der Waals surface area contributed by atoms with Crippen molar-refractivity contribution in [2.75, 3.05) is 19.6 Å². The third-order valence-electron chi connectivity index (χ3n) is 8.24. The zero-order valence-electron chi connectivity index (χ0n) is 17.7. The van der Waals surface area contributed by atoms with E-state index in [1.807, 2.05) is 0 Å². The Kier molecular flexibility index (Phi) is 5.62. The fraction of sp³-hybridized carbons (Fsp3) is 0.538. The molecule has 0 aliphatic heterocycles. The van der Waals surface area contributed by atoms with Gasteiger partial charge >= 0.3 is 0 Å². The standard InChI is InChI=1S/C26H36N2/c1-25(2)22-14-15-26(25,3)24(18-22)28-17-16-27-19-23(20-10-6-4-7-11-20)21-12-8-5-9-13-21/h4-13,22-24,27-28H,14-19H2,1-3H3/t22-,24+,26+/m1/s1. The average Bonchev–Trinajstić information content (AvgIpc) is 3.05. The Morgan fingerprint density at radius 2 is 1.50 bits per heavy atom. The molecule has 2 aliphatic carbocycles. The van der Waals surface area contributed by atoms with Gasteiger partial charge in [-0.15, -0.1) is 0 Å². The Morgan fingerprint density at radius 1 is 0.893 bits per heavy atom. The predicted molar refractivity (Wildman–Crippen MR) is 119 cm³/mol. The molecule has 2 fully saturated rings. The van der Waals surface area contributed by atoms with Crippen LogP contribution in [0.25, 0.3) is 0 Å². The van der Waals surface area contributed by atoms with Crippen molar-refractivity contribution in [3.63, 3.8) is 0 Å². The first-order valence-corrected chi connectivity index (χ1v) is 11.1. The van der Waals surface area contributed by atoms with Gasteiger partial charge in [-0.05, 0) is 47.1 Å². The Hall–Kier alpha value is -1.64. The third-order valence-corrected chi connectivity index (χ3v) is 8.24. The molecule has 2 bridgehead atoms. The molecule has 0 spiro atoms. The molecule has 2 N–H and O–H groups in total. The molecule has 0 radical (unpaired) electrons. The lowest BCUT2D eigenvalue weighted by molar-refractivity contribution is 0.121. The molecule has 0 unspecified atom stereocenters. The second-order valence-corrected chi connectivity index (χ2v) is 9.70. The first-order valence-electron chi connectivity index (χ1n) is 11.1. The van der Waals surface area contributed by atoms with Crippen LogP contribution in [0.5, 0.6) is 0 Å². The molecule has 28 heavy (non-hydrogen) atoms. The number of hydrogen-bond acceptors (Lipinski definition) is 2. The van der Waals surface area contributed by atoms with E-state index in [0.717, 1.165) is 25.6 Å². The largest absolute Gasteiger partial charge is 0.315 e. The number of rotatable bonds is 8. The number of benzene rings is 2. The number of nitrogens with one attached hydrogen (secondary N) is 2. The van der Waals surface area contributed by atoms with E-state index < -0.39 is 0 Å². The van der Waals surface area contributed by atoms with Crippen molar-refractivity contribution in [2.45, 2.75) is 52.0 Å². The lowest BCUT2D eigenvalue weighted by Gasteiger charge is -2.39. The molecule has 2 aromatic carbocycles. The molecule has 2 aromatic rings. The summed E-state index contributed by atoms with van der Waals surface area (Å²) >= 11 is 0. The Morgan fingerprint density at radius 3 is 2.00 bits per heavy atom. The van der Waals surface area contributed by atoms with Crippen LogP contribution in [0.3, 0.4) is 0 Å². The minimum Gasteiger partial charge on any atom is -0.315 e. The fourth-order valence-corrected chi connectivity index (χ4v) is 5.89. The second-order valence-electron chi connectivity index (χ2n) is 9.70. The molecule has 2 aliphatic rings. The zero-order valence-corrected chi connectivity index (χ0v) is 17.7. The average molecular weight is 377 g/mol. The Labute approximate surface area is 171 Å². The van der Waals surface area contributed by atoms with Gasteiger partial charge in [-0.3, -0.25) is 0 Å². The summed E-state index contributed by atoms with van der Waals surface area (Å²) in [7, 11) is 0. The summed E-state index contributed by atoms with van der Waals surface area (Å²) in [6.45, 7) is 10.6. The third kappa shape index (κ3) is 3.53. The van der Waals surface area contributed by atoms with E-state index in [9.17, 15) is 0 Å². The van der Waals surface area contributed by atoms with Crippen LogP contribution < -0.4 is 10.6 Å². The number of hydrogen-bond donors (Lipinski definition) is 2. The van der Waals surface area contributed by atoms with Gasteiger partial charge in [0.05, 0.1) is 0 Å². The predicted octanol–water partition coefficient (Wildman–Crippen LogP) is 5.21. The molecule has 3 atom stereocenters. The van der Waals surface area contributed by atoms with E-state index >= 15 is 0 Å². The van der Waals surface area contributed by atoms with Crippen LogP contribution in [0.15, 0.2) is 60.7 Å². The van der Waals surface area contributed by atoms with E-state index in [-0.39, 0.29) is 0 Å². The highest BCUT2D eigenvalue weighted by Crippen LogP contribution is 2.65. The van der Waals surface area contributed by atoms with Crippen LogP contribution in [-0.4, -0.2) is 25.7 Å². The van der Waals surface area contributed by atoms with Gasteiger partial charge in [-0.2, -0.15) is 0 Å². The van der Waals surface area contributed by atoms with Crippen molar-refractivity contribution in [2.24, 2.45) is 16.7 Å². The Balaban J connectivity index is 1.30. The highest BCUT2D eigenvalue weighted by molar-refractivity contribution is 5.32. The summed E-state index contributed by atoms with van der Waals surface area (Å²) in [5.74, 6) is 1.31. The monoisotopic (exact) mass is 376 g/mol. The van der Waals surface area contributed by atoms with Gasteiger partial charge in [0, 0.05) is 31.6 Å². The molecule has 2 nitrogen and oxygen atoms in total. The lowest BCUT2D eigenvalue weighted by atomic mass is 9.69. The first kappa shape index (κ1) is 19.7. The molecule has 2 heteroatoms. The van der Waals surface area contributed by atoms with Gasteiger partial charge < -0.3 is 10.6 Å². The van der Waals surface area contributed by atoms with Crippen LogP contribution in [0.4, 0.5) is 0 Å². The zero-order chi connectivity index (χ0) is 19.6. The Bertz CT molecular complexity index is 715. The highest BCUT2D eigenvalue weighted by atomic mass is 15.0. The fourth-order valence-electron chi connectivity index (χ4n) is 5.89. The summed E-state index contributed by atoms with van der Waals surface area (Å²) in [6.07, 6.45) is 4.18. The first-order chi connectivity index (χ1) is 13.5. The lowest BCUT2D eigenvalue weighted by Crippen LogP contribution is -2.46. The molecular weight excluding hydrogens is 340 g/mol. The molecule has 0 amide bonds. The van der Waals surface area contributed by atoms with Gasteiger partial charge in [0.15, 0.2) is 0 Å². The van der Waals surface area contributed by atoms with Gasteiger partial charge in [-0.1, -0.05) is 81.4 Å². The van der Waals surface area contributed by atoms with E-state index in [0.29, 0.717) is 22.8 Å². The van der Waals surface area contributed by atoms with Gasteiger partial charge in [0.1, 0.15) is 0 Å². The van der Waals surface area contributed by atoms with E-state index in [1.165, 1.54) is 30.4 Å². The molecule has 2 saturated carbocycles. The van der Waals surface area contributed by atoms with Crippen molar-refractivity contribution in [3.8, 4) is 0 Å². The van der Waals surface area contributed by atoms with E-state index in [2.05, 4.69) is 92.1 Å². The molecule has 0 heterocycles. The smallest absolute Gasteiger partial charge is 0.0214 e. The second kappa shape index (κ2) is 8.00. The molecule has 4 rings (SSSR count). The van der Waals surface area contributed by atoms with Crippen molar-refractivity contribution >= 4 is 0 Å². The van der Waals surface area contributed by atoms with E-state index in [4.69, 9.17) is 0 Å². The van der Waals surface area contributed by atoms with Crippen molar-refractivity contribution in [3.05, 3.63) is 71.8 Å². The maximum absolute atomic E-state index is 3.90. The SMILES string of the molecule is CC1(C)[C@@H]2CC[C@@]1(C)[C@@H](NCCNCC(c1ccccc1)c1ccccc1)C2. The van der Waals surface area contributed by atoms with Gasteiger partial charge in [0.2, 0.25) is 0 Å². The summed E-state index contributed by atoms with van der Waals surface area (Å²) in [4.78, 5) is 0. The van der Waals surface area contributed by atoms with Gasteiger partial charge in [0.25, 0.3) is 0 Å². The topological polar surface area (TPSA) is 24.1 Å². The van der Waals surface area contributed by atoms with Crippen molar-refractivity contribution in [1.82, 2.24) is 10.6 Å². The molecule has 150 valence electrons. The summed E-state index contributed by atoms with van der Waals surface area (Å²) in [5.41, 5.74) is 3.73. The van der Waals surface area contributed by atoms with Crippen LogP contribution in [0, 0.1) is 16.7 Å². The van der Waals surface area contributed by atoms with E-state index in [1.54, 1.807) is 0 Å². The summed E-state index contributed by atoms with van der Waals surface area (Å²) in [6, 6.07) is 22.4. The highest BCUT2D eigenvalue weighted by Gasteiger charge is 2.60. The molecular formula is C26H36N2. The van der Waals surface area contributed by atoms with Crippen molar-refractivity contribution in [1.29, 1.82) is 0 Å². The quantitative estimate of drug-likeness (QED) is 0.618. The normalized spacial score (nSPS) is 28.1. The van der Waals surface area contributed by atoms with Crippen LogP contribution in [0.1, 0.15) is 57.1 Å². The maximum atomic E-state index is 3.90. The van der Waals surface area contributed by atoms with Crippen LogP contribution in [-0.2, 0) is 0 Å². The van der Waals surface area contributed by atoms with Crippen LogP contribution in [0.2, 0.25) is 0 Å².